The number of nitrogens with one attached hydrogen (secondary N) is 1. The minimum absolute atomic E-state index is 0.0737. The van der Waals surface area contributed by atoms with Crippen LogP contribution in [0.25, 0.3) is 0 Å². The standard InChI is InChI=1S/C14H24N2O2S2/c1-5-19-7-6-12(4)16-20(17,18)14-10(2)8-13(15)9-11(14)3/h8-9,12,16H,5-7,15H2,1-4H3. The summed E-state index contributed by atoms with van der Waals surface area (Å²) in [5.41, 5.74) is 7.70. The largest absolute Gasteiger partial charge is 0.399 e. The Kier molecular flexibility index (Phi) is 6.36. The average molecular weight is 316 g/mol. The van der Waals surface area contributed by atoms with Gasteiger partial charge in [-0.15, -0.1) is 0 Å². The zero-order valence-electron chi connectivity index (χ0n) is 12.6. The molecule has 0 amide bonds. The molecule has 0 aliphatic heterocycles. The van der Waals surface area contributed by atoms with Crippen LogP contribution in [0.4, 0.5) is 5.69 Å². The van der Waals surface area contributed by atoms with E-state index in [-0.39, 0.29) is 6.04 Å². The molecule has 1 aromatic carbocycles. The van der Waals surface area contributed by atoms with Crippen LogP contribution in [0, 0.1) is 13.8 Å². The van der Waals surface area contributed by atoms with Crippen molar-refractivity contribution < 1.29 is 8.42 Å². The second-order valence-electron chi connectivity index (χ2n) is 4.99. The predicted octanol–water partition coefficient (Wildman–Crippen LogP) is 2.70. The van der Waals surface area contributed by atoms with Crippen molar-refractivity contribution in [3.63, 3.8) is 0 Å². The first-order valence-electron chi connectivity index (χ1n) is 6.74. The summed E-state index contributed by atoms with van der Waals surface area (Å²) in [5, 5.41) is 0. The molecule has 1 aromatic rings. The highest BCUT2D eigenvalue weighted by molar-refractivity contribution is 7.99. The molecule has 6 heteroatoms. The van der Waals surface area contributed by atoms with Crippen molar-refractivity contribution in [2.75, 3.05) is 17.2 Å². The molecule has 4 nitrogen and oxygen atoms in total. The number of hydrogen-bond acceptors (Lipinski definition) is 4. The van der Waals surface area contributed by atoms with Crippen LogP contribution in [-0.2, 0) is 10.0 Å². The Morgan fingerprint density at radius 3 is 2.35 bits per heavy atom. The van der Waals surface area contributed by atoms with E-state index in [2.05, 4.69) is 11.6 Å². The number of rotatable bonds is 7. The van der Waals surface area contributed by atoms with Crippen LogP contribution >= 0.6 is 11.8 Å². The molecule has 20 heavy (non-hydrogen) atoms. The summed E-state index contributed by atoms with van der Waals surface area (Å²) in [7, 11) is -3.49. The van der Waals surface area contributed by atoms with Gasteiger partial charge in [0.1, 0.15) is 0 Å². The van der Waals surface area contributed by atoms with Crippen molar-refractivity contribution in [3.8, 4) is 0 Å². The monoisotopic (exact) mass is 316 g/mol. The molecule has 3 N–H and O–H groups in total. The van der Waals surface area contributed by atoms with Crippen molar-refractivity contribution in [2.24, 2.45) is 0 Å². The van der Waals surface area contributed by atoms with E-state index >= 15 is 0 Å². The number of nitrogens with two attached hydrogens (primary N) is 1. The molecular formula is C14H24N2O2S2. The van der Waals surface area contributed by atoms with Crippen LogP contribution in [0.3, 0.4) is 0 Å². The fourth-order valence-corrected chi connectivity index (χ4v) is 4.73. The molecule has 0 saturated heterocycles. The SMILES string of the molecule is CCSCCC(C)NS(=O)(=O)c1c(C)cc(N)cc1C. The topological polar surface area (TPSA) is 72.2 Å². The zero-order valence-corrected chi connectivity index (χ0v) is 14.2. The molecule has 0 heterocycles. The maximum Gasteiger partial charge on any atom is 0.241 e. The van der Waals surface area contributed by atoms with Crippen LogP contribution in [0.1, 0.15) is 31.4 Å². The van der Waals surface area contributed by atoms with E-state index in [9.17, 15) is 8.42 Å². The lowest BCUT2D eigenvalue weighted by molar-refractivity contribution is 0.556. The predicted molar refractivity (Wildman–Crippen MR) is 87.7 cm³/mol. The number of sulfonamides is 1. The molecule has 0 bridgehead atoms. The van der Waals surface area contributed by atoms with Crippen molar-refractivity contribution in [1.29, 1.82) is 0 Å². The van der Waals surface area contributed by atoms with Gasteiger partial charge in [0.25, 0.3) is 0 Å². The van der Waals surface area contributed by atoms with Gasteiger partial charge in [0.15, 0.2) is 0 Å². The van der Waals surface area contributed by atoms with E-state index in [0.717, 1.165) is 17.9 Å². The fraction of sp³-hybridized carbons (Fsp3) is 0.571. The number of nitrogen functional groups attached to an aromatic ring is 1. The summed E-state index contributed by atoms with van der Waals surface area (Å²) < 4.78 is 27.7. The van der Waals surface area contributed by atoms with Crippen molar-refractivity contribution in [3.05, 3.63) is 23.3 Å². The molecule has 1 atom stereocenters. The van der Waals surface area contributed by atoms with Gasteiger partial charge in [-0.05, 0) is 62.0 Å². The summed E-state index contributed by atoms with van der Waals surface area (Å²) in [6.45, 7) is 7.54. The Morgan fingerprint density at radius 2 is 1.85 bits per heavy atom. The lowest BCUT2D eigenvalue weighted by Gasteiger charge is -2.17. The Balaban J connectivity index is 2.89. The molecule has 1 rings (SSSR count). The zero-order chi connectivity index (χ0) is 15.3. The normalized spacial score (nSPS) is 13.4. The van der Waals surface area contributed by atoms with Gasteiger partial charge in [-0.25, -0.2) is 13.1 Å². The van der Waals surface area contributed by atoms with Crippen molar-refractivity contribution in [2.45, 2.75) is 45.1 Å². The van der Waals surface area contributed by atoms with Gasteiger partial charge in [0.05, 0.1) is 4.90 Å². The van der Waals surface area contributed by atoms with E-state index in [1.807, 2.05) is 18.7 Å². The molecule has 0 saturated carbocycles. The van der Waals surface area contributed by atoms with E-state index in [0.29, 0.717) is 21.7 Å². The summed E-state index contributed by atoms with van der Waals surface area (Å²) in [6.07, 6.45) is 0.824. The first kappa shape index (κ1) is 17.3. The van der Waals surface area contributed by atoms with Crippen LogP contribution < -0.4 is 10.5 Å². The summed E-state index contributed by atoms with van der Waals surface area (Å²) in [5.74, 6) is 2.01. The summed E-state index contributed by atoms with van der Waals surface area (Å²) in [4.78, 5) is 0.349. The number of aryl methyl sites for hydroxylation is 2. The van der Waals surface area contributed by atoms with Crippen molar-refractivity contribution >= 4 is 27.5 Å². The Morgan fingerprint density at radius 1 is 1.30 bits per heavy atom. The smallest absolute Gasteiger partial charge is 0.241 e. The van der Waals surface area contributed by atoms with Gasteiger partial charge in [-0.2, -0.15) is 11.8 Å². The van der Waals surface area contributed by atoms with E-state index in [1.54, 1.807) is 26.0 Å². The molecule has 114 valence electrons. The van der Waals surface area contributed by atoms with Crippen LogP contribution in [0.2, 0.25) is 0 Å². The van der Waals surface area contributed by atoms with Gasteiger partial charge < -0.3 is 5.73 Å². The molecule has 0 aromatic heterocycles. The Hall–Kier alpha value is -0.720. The number of thioether (sulfide) groups is 1. The van der Waals surface area contributed by atoms with Crippen LogP contribution in [-0.4, -0.2) is 26.0 Å². The molecule has 0 spiro atoms. The average Bonchev–Trinajstić information content (AvgIpc) is 2.26. The third-order valence-corrected chi connectivity index (χ3v) is 5.83. The highest BCUT2D eigenvalue weighted by Crippen LogP contribution is 2.23. The third-order valence-electron chi connectivity index (χ3n) is 3.01. The third kappa shape index (κ3) is 4.68. The van der Waals surface area contributed by atoms with Gasteiger partial charge in [-0.3, -0.25) is 0 Å². The van der Waals surface area contributed by atoms with E-state index in [4.69, 9.17) is 5.73 Å². The molecule has 0 aliphatic rings. The van der Waals surface area contributed by atoms with E-state index < -0.39 is 10.0 Å². The highest BCUT2D eigenvalue weighted by atomic mass is 32.2. The molecule has 0 radical (unpaired) electrons. The number of hydrogen-bond donors (Lipinski definition) is 2. The number of anilines is 1. The first-order valence-corrected chi connectivity index (χ1v) is 9.38. The van der Waals surface area contributed by atoms with Gasteiger partial charge in [0.2, 0.25) is 10.0 Å². The van der Waals surface area contributed by atoms with Gasteiger partial charge in [-0.1, -0.05) is 6.92 Å². The van der Waals surface area contributed by atoms with Crippen LogP contribution in [0.5, 0.6) is 0 Å². The van der Waals surface area contributed by atoms with E-state index in [1.165, 1.54) is 0 Å². The quantitative estimate of drug-likeness (QED) is 0.599. The summed E-state index contributed by atoms with van der Waals surface area (Å²) in [6, 6.07) is 3.31. The number of benzene rings is 1. The molecule has 0 aliphatic carbocycles. The van der Waals surface area contributed by atoms with Gasteiger partial charge >= 0.3 is 0 Å². The minimum Gasteiger partial charge on any atom is -0.399 e. The molecular weight excluding hydrogens is 292 g/mol. The summed E-state index contributed by atoms with van der Waals surface area (Å²) >= 11 is 1.82. The molecule has 1 unspecified atom stereocenters. The maximum atomic E-state index is 12.5. The lowest BCUT2D eigenvalue weighted by Crippen LogP contribution is -2.33. The fourth-order valence-electron chi connectivity index (χ4n) is 2.19. The second-order valence-corrected chi connectivity index (χ2v) is 8.04. The minimum atomic E-state index is -3.49. The lowest BCUT2D eigenvalue weighted by atomic mass is 10.1. The first-order chi connectivity index (χ1) is 9.27. The van der Waals surface area contributed by atoms with Crippen LogP contribution in [0.15, 0.2) is 17.0 Å². The Bertz CT molecular complexity index is 533. The van der Waals surface area contributed by atoms with Gasteiger partial charge in [0, 0.05) is 11.7 Å². The molecule has 0 fully saturated rings. The highest BCUT2D eigenvalue weighted by Gasteiger charge is 2.21. The van der Waals surface area contributed by atoms with Crippen molar-refractivity contribution in [1.82, 2.24) is 4.72 Å². The maximum absolute atomic E-state index is 12.5. The Labute approximate surface area is 126 Å². The second kappa shape index (κ2) is 7.33.